The fraction of sp³-hybridized carbons (Fsp3) is 0.500. The van der Waals surface area contributed by atoms with Gasteiger partial charge in [-0.2, -0.15) is 0 Å². The van der Waals surface area contributed by atoms with E-state index in [0.717, 1.165) is 0 Å². The number of carbonyl (C=O) groups is 1. The molecule has 0 aliphatic carbocycles. The zero-order chi connectivity index (χ0) is 14.0. The van der Waals surface area contributed by atoms with E-state index in [9.17, 15) is 13.2 Å². The molecule has 1 heterocycles. The van der Waals surface area contributed by atoms with Crippen LogP contribution in [0.2, 0.25) is 0 Å². The summed E-state index contributed by atoms with van der Waals surface area (Å²) in [6.45, 7) is 4.86. The molecular formula is C12H18N2O3S. The van der Waals surface area contributed by atoms with E-state index in [4.69, 9.17) is 5.73 Å². The van der Waals surface area contributed by atoms with E-state index in [1.165, 1.54) is 12.3 Å². The van der Waals surface area contributed by atoms with Crippen LogP contribution in [-0.4, -0.2) is 29.7 Å². The molecule has 1 aromatic rings. The van der Waals surface area contributed by atoms with E-state index >= 15 is 0 Å². The fourth-order valence-electron chi connectivity index (χ4n) is 1.23. The molecule has 0 unspecified atom stereocenters. The van der Waals surface area contributed by atoms with Gasteiger partial charge in [-0.25, -0.2) is 8.42 Å². The maximum absolute atomic E-state index is 11.8. The Bertz CT molecular complexity index is 527. The average Bonchev–Trinajstić information content (AvgIpc) is 2.25. The first-order valence-corrected chi connectivity index (χ1v) is 7.26. The predicted molar refractivity (Wildman–Crippen MR) is 71.1 cm³/mol. The number of rotatable bonds is 4. The minimum absolute atomic E-state index is 0.0590. The number of pyridine rings is 1. The molecule has 0 fully saturated rings. The van der Waals surface area contributed by atoms with Gasteiger partial charge in [0.1, 0.15) is 5.69 Å². The molecule has 1 rings (SSSR count). The standard InChI is InChI=1S/C12H18N2O3S/c1-12(2,3)18(16,17)7-6-11(15)10-5-4-9(13)8-14-10/h4-5,8H,6-7,13H2,1-3H3. The lowest BCUT2D eigenvalue weighted by atomic mass is 10.2. The van der Waals surface area contributed by atoms with Gasteiger partial charge < -0.3 is 5.73 Å². The fourth-order valence-corrected chi connectivity index (χ4v) is 2.30. The highest BCUT2D eigenvalue weighted by Crippen LogP contribution is 2.17. The van der Waals surface area contributed by atoms with Crippen molar-refractivity contribution in [3.8, 4) is 0 Å². The topological polar surface area (TPSA) is 90.1 Å². The average molecular weight is 270 g/mol. The number of anilines is 1. The Kier molecular flexibility index (Phi) is 4.11. The van der Waals surface area contributed by atoms with Crippen molar-refractivity contribution in [2.24, 2.45) is 0 Å². The molecule has 0 amide bonds. The molecule has 18 heavy (non-hydrogen) atoms. The number of nitrogens with zero attached hydrogens (tertiary/aromatic N) is 1. The van der Waals surface area contributed by atoms with Gasteiger partial charge in [-0.15, -0.1) is 0 Å². The largest absolute Gasteiger partial charge is 0.397 e. The maximum atomic E-state index is 11.8. The molecule has 5 nitrogen and oxygen atoms in total. The first-order chi connectivity index (χ1) is 8.13. The molecule has 0 aliphatic rings. The number of ketones is 1. The molecule has 1 aromatic heterocycles. The molecule has 0 bridgehead atoms. The molecule has 0 aromatic carbocycles. The van der Waals surface area contributed by atoms with Crippen molar-refractivity contribution in [2.75, 3.05) is 11.5 Å². The molecule has 0 radical (unpaired) electrons. The highest BCUT2D eigenvalue weighted by molar-refractivity contribution is 7.92. The lowest BCUT2D eigenvalue weighted by Gasteiger charge is -2.18. The number of sulfone groups is 1. The van der Waals surface area contributed by atoms with Crippen molar-refractivity contribution >= 4 is 21.3 Å². The molecule has 2 N–H and O–H groups in total. The van der Waals surface area contributed by atoms with Crippen molar-refractivity contribution in [2.45, 2.75) is 31.9 Å². The van der Waals surface area contributed by atoms with Crippen molar-refractivity contribution in [1.82, 2.24) is 4.98 Å². The zero-order valence-electron chi connectivity index (χ0n) is 10.8. The van der Waals surface area contributed by atoms with Gasteiger partial charge in [0.25, 0.3) is 0 Å². The second-order valence-corrected chi connectivity index (χ2v) is 7.94. The van der Waals surface area contributed by atoms with Crippen LogP contribution >= 0.6 is 0 Å². The summed E-state index contributed by atoms with van der Waals surface area (Å²) >= 11 is 0. The van der Waals surface area contributed by atoms with Crippen LogP contribution in [0.5, 0.6) is 0 Å². The number of nitrogen functional groups attached to an aromatic ring is 1. The van der Waals surface area contributed by atoms with E-state index in [1.54, 1.807) is 26.8 Å². The molecule has 100 valence electrons. The highest BCUT2D eigenvalue weighted by Gasteiger charge is 2.29. The molecule has 0 saturated heterocycles. The van der Waals surface area contributed by atoms with Crippen LogP contribution in [0.4, 0.5) is 5.69 Å². The lowest BCUT2D eigenvalue weighted by molar-refractivity contribution is 0.0984. The number of nitrogens with two attached hydrogens (primary N) is 1. The summed E-state index contributed by atoms with van der Waals surface area (Å²) in [4.78, 5) is 15.6. The second-order valence-electron chi connectivity index (χ2n) is 5.08. The van der Waals surface area contributed by atoms with Gasteiger partial charge >= 0.3 is 0 Å². The number of hydrogen-bond acceptors (Lipinski definition) is 5. The molecular weight excluding hydrogens is 252 g/mol. The van der Waals surface area contributed by atoms with Gasteiger partial charge in [0.2, 0.25) is 0 Å². The quantitative estimate of drug-likeness (QED) is 0.836. The highest BCUT2D eigenvalue weighted by atomic mass is 32.2. The van der Waals surface area contributed by atoms with E-state index in [-0.39, 0.29) is 23.7 Å². The van der Waals surface area contributed by atoms with Crippen LogP contribution in [0.15, 0.2) is 18.3 Å². The Morgan fingerprint density at radius 1 is 1.33 bits per heavy atom. The molecule has 0 aliphatic heterocycles. The van der Waals surface area contributed by atoms with Crippen molar-refractivity contribution in [3.05, 3.63) is 24.0 Å². The summed E-state index contributed by atoms with van der Waals surface area (Å²) < 4.78 is 22.9. The number of aromatic nitrogens is 1. The first kappa shape index (κ1) is 14.6. The van der Waals surface area contributed by atoms with Crippen LogP contribution in [0, 0.1) is 0 Å². The smallest absolute Gasteiger partial charge is 0.182 e. The number of hydrogen-bond donors (Lipinski definition) is 1. The minimum Gasteiger partial charge on any atom is -0.397 e. The predicted octanol–water partition coefficient (Wildman–Crippen LogP) is 1.45. The Labute approximate surface area is 107 Å². The monoisotopic (exact) mass is 270 g/mol. The first-order valence-electron chi connectivity index (χ1n) is 5.60. The molecule has 6 heteroatoms. The van der Waals surface area contributed by atoms with E-state index < -0.39 is 14.6 Å². The second kappa shape index (κ2) is 5.06. The van der Waals surface area contributed by atoms with Gasteiger partial charge in [-0.3, -0.25) is 9.78 Å². The maximum Gasteiger partial charge on any atom is 0.182 e. The SMILES string of the molecule is CC(C)(C)S(=O)(=O)CCC(=O)c1ccc(N)cn1. The van der Waals surface area contributed by atoms with Crippen molar-refractivity contribution in [1.29, 1.82) is 0 Å². The summed E-state index contributed by atoms with van der Waals surface area (Å²) in [5.74, 6) is -0.454. The van der Waals surface area contributed by atoms with Crippen LogP contribution in [0.3, 0.4) is 0 Å². The van der Waals surface area contributed by atoms with Crippen molar-refractivity contribution in [3.63, 3.8) is 0 Å². The Hall–Kier alpha value is -1.43. The Morgan fingerprint density at radius 3 is 2.39 bits per heavy atom. The van der Waals surface area contributed by atoms with Crippen LogP contribution < -0.4 is 5.73 Å². The molecule has 0 atom stereocenters. The zero-order valence-corrected chi connectivity index (χ0v) is 11.6. The lowest BCUT2D eigenvalue weighted by Crippen LogP contribution is -2.31. The van der Waals surface area contributed by atoms with Gasteiger partial charge in [-0.05, 0) is 32.9 Å². The summed E-state index contributed by atoms with van der Waals surface area (Å²) in [6.07, 6.45) is 1.32. The van der Waals surface area contributed by atoms with Gasteiger partial charge in [-0.1, -0.05) is 0 Å². The molecule has 0 saturated carbocycles. The Morgan fingerprint density at radius 2 is 1.94 bits per heavy atom. The van der Waals surface area contributed by atoms with Gasteiger partial charge in [0.05, 0.1) is 22.4 Å². The summed E-state index contributed by atoms with van der Waals surface area (Å²) in [7, 11) is -3.28. The van der Waals surface area contributed by atoms with Gasteiger partial charge in [0.15, 0.2) is 15.6 Å². The minimum atomic E-state index is -3.28. The third-order valence-electron chi connectivity index (χ3n) is 2.60. The van der Waals surface area contributed by atoms with Crippen LogP contribution in [-0.2, 0) is 9.84 Å². The van der Waals surface area contributed by atoms with E-state index in [2.05, 4.69) is 4.98 Å². The molecule has 0 spiro atoms. The third-order valence-corrected chi connectivity index (χ3v) is 5.21. The van der Waals surface area contributed by atoms with E-state index in [1.807, 2.05) is 0 Å². The summed E-state index contributed by atoms with van der Waals surface area (Å²) in [5, 5.41) is 0. The van der Waals surface area contributed by atoms with Crippen molar-refractivity contribution < 1.29 is 13.2 Å². The van der Waals surface area contributed by atoms with Crippen LogP contribution in [0.1, 0.15) is 37.7 Å². The van der Waals surface area contributed by atoms with E-state index in [0.29, 0.717) is 5.69 Å². The third kappa shape index (κ3) is 3.53. The summed E-state index contributed by atoms with van der Waals surface area (Å²) in [6, 6.07) is 3.07. The Balaban J connectivity index is 2.71. The number of Topliss-reactive ketones (excluding diaryl/α,β-unsaturated/α-hetero) is 1. The van der Waals surface area contributed by atoms with Gasteiger partial charge in [0, 0.05) is 6.42 Å². The number of carbonyl (C=O) groups excluding carboxylic acids is 1. The summed E-state index contributed by atoms with van der Waals surface area (Å²) in [5.41, 5.74) is 6.17. The van der Waals surface area contributed by atoms with Crippen LogP contribution in [0.25, 0.3) is 0 Å². The normalized spacial score (nSPS) is 12.4.